The number of rotatable bonds is 2. The van der Waals surface area contributed by atoms with Crippen LogP contribution in [0.5, 0.6) is 0 Å². The monoisotopic (exact) mass is 216 g/mol. The number of nitrogen functional groups attached to an aromatic ring is 1. The highest BCUT2D eigenvalue weighted by Crippen LogP contribution is 2.39. The highest BCUT2D eigenvalue weighted by molar-refractivity contribution is 5.09. The van der Waals surface area contributed by atoms with Gasteiger partial charge in [0, 0.05) is 12.3 Å². The second-order valence-electron chi connectivity index (χ2n) is 4.03. The van der Waals surface area contributed by atoms with E-state index in [2.05, 4.69) is 10.1 Å². The summed E-state index contributed by atoms with van der Waals surface area (Å²) < 4.78 is 28.3. The largest absolute Gasteiger partial charge is 0.367 e. The van der Waals surface area contributed by atoms with Gasteiger partial charge in [-0.3, -0.25) is 4.68 Å². The fourth-order valence-corrected chi connectivity index (χ4v) is 2.01. The maximum Gasteiger partial charge on any atom is 0.252 e. The minimum absolute atomic E-state index is 0.0121. The molecular formula is C9H14F2N4. The molecule has 0 bridgehead atoms. The third-order valence-electron chi connectivity index (χ3n) is 2.87. The molecule has 0 amide bonds. The number of anilines is 1. The molecule has 15 heavy (non-hydrogen) atoms. The van der Waals surface area contributed by atoms with Gasteiger partial charge in [-0.05, 0) is 12.8 Å². The lowest BCUT2D eigenvalue weighted by Crippen LogP contribution is -2.34. The van der Waals surface area contributed by atoms with Crippen LogP contribution in [0.1, 0.15) is 25.7 Å². The van der Waals surface area contributed by atoms with Crippen molar-refractivity contribution in [3.05, 3.63) is 6.33 Å². The van der Waals surface area contributed by atoms with Crippen molar-refractivity contribution in [2.24, 2.45) is 5.92 Å². The summed E-state index contributed by atoms with van der Waals surface area (Å²) in [6.07, 6.45) is 3.42. The van der Waals surface area contributed by atoms with E-state index in [1.165, 1.54) is 11.0 Å². The lowest BCUT2D eigenvalue weighted by Gasteiger charge is -2.30. The Morgan fingerprint density at radius 2 is 2.33 bits per heavy atom. The predicted octanol–water partition coefficient (Wildman–Crippen LogP) is 1.69. The zero-order chi connectivity index (χ0) is 10.9. The van der Waals surface area contributed by atoms with Crippen LogP contribution in [0.15, 0.2) is 6.33 Å². The minimum Gasteiger partial charge on any atom is -0.367 e. The molecule has 1 saturated carbocycles. The van der Waals surface area contributed by atoms with Gasteiger partial charge in [-0.25, -0.2) is 13.8 Å². The SMILES string of the molecule is Nc1ncn(CC2CCCCC2(F)F)n1. The Kier molecular flexibility index (Phi) is 2.58. The number of hydrogen-bond acceptors (Lipinski definition) is 3. The molecule has 1 heterocycles. The Labute approximate surface area is 86.5 Å². The first kappa shape index (κ1) is 10.3. The summed E-state index contributed by atoms with van der Waals surface area (Å²) in [5.41, 5.74) is 5.32. The molecule has 1 unspecified atom stereocenters. The van der Waals surface area contributed by atoms with Gasteiger partial charge >= 0.3 is 0 Å². The maximum absolute atomic E-state index is 13.5. The zero-order valence-corrected chi connectivity index (χ0v) is 8.37. The Morgan fingerprint density at radius 1 is 1.53 bits per heavy atom. The highest BCUT2D eigenvalue weighted by Gasteiger charge is 2.41. The van der Waals surface area contributed by atoms with E-state index >= 15 is 0 Å². The van der Waals surface area contributed by atoms with Crippen LogP contribution in [0.2, 0.25) is 0 Å². The first-order valence-corrected chi connectivity index (χ1v) is 5.11. The van der Waals surface area contributed by atoms with Crippen molar-refractivity contribution < 1.29 is 8.78 Å². The molecule has 1 atom stereocenters. The highest BCUT2D eigenvalue weighted by atomic mass is 19.3. The predicted molar refractivity (Wildman–Crippen MR) is 51.3 cm³/mol. The van der Waals surface area contributed by atoms with Crippen molar-refractivity contribution in [3.8, 4) is 0 Å². The molecule has 2 rings (SSSR count). The van der Waals surface area contributed by atoms with Crippen molar-refractivity contribution in [2.75, 3.05) is 5.73 Å². The van der Waals surface area contributed by atoms with Gasteiger partial charge in [0.25, 0.3) is 5.92 Å². The molecule has 2 N–H and O–H groups in total. The van der Waals surface area contributed by atoms with E-state index in [-0.39, 0.29) is 18.9 Å². The molecule has 4 nitrogen and oxygen atoms in total. The van der Waals surface area contributed by atoms with Crippen molar-refractivity contribution >= 4 is 5.95 Å². The first-order chi connectivity index (χ1) is 7.08. The maximum atomic E-state index is 13.5. The molecule has 1 aromatic rings. The van der Waals surface area contributed by atoms with Gasteiger partial charge in [0.05, 0.1) is 6.54 Å². The molecule has 0 radical (unpaired) electrons. The van der Waals surface area contributed by atoms with Gasteiger partial charge in [0.1, 0.15) is 6.33 Å². The summed E-state index contributed by atoms with van der Waals surface area (Å²) in [6, 6.07) is 0. The Morgan fingerprint density at radius 3 is 2.93 bits per heavy atom. The third kappa shape index (κ3) is 2.24. The second-order valence-corrected chi connectivity index (χ2v) is 4.03. The van der Waals surface area contributed by atoms with Crippen LogP contribution in [-0.4, -0.2) is 20.7 Å². The normalized spacial score (nSPS) is 25.3. The topological polar surface area (TPSA) is 56.7 Å². The lowest BCUT2D eigenvalue weighted by atomic mass is 9.85. The van der Waals surface area contributed by atoms with Crippen LogP contribution in [0.3, 0.4) is 0 Å². The van der Waals surface area contributed by atoms with E-state index in [4.69, 9.17) is 5.73 Å². The molecule has 0 saturated heterocycles. The first-order valence-electron chi connectivity index (χ1n) is 5.11. The quantitative estimate of drug-likeness (QED) is 0.818. The zero-order valence-electron chi connectivity index (χ0n) is 8.37. The van der Waals surface area contributed by atoms with Crippen molar-refractivity contribution in [1.29, 1.82) is 0 Å². The van der Waals surface area contributed by atoms with Crippen molar-refractivity contribution in [2.45, 2.75) is 38.2 Å². The van der Waals surface area contributed by atoms with E-state index in [1.807, 2.05) is 0 Å². The van der Waals surface area contributed by atoms with Crippen LogP contribution < -0.4 is 5.73 Å². The number of halogens is 2. The molecule has 1 aliphatic carbocycles. The summed E-state index contributed by atoms with van der Waals surface area (Å²) in [5, 5.41) is 3.82. The Hall–Kier alpha value is -1.20. The van der Waals surface area contributed by atoms with E-state index in [9.17, 15) is 8.78 Å². The fourth-order valence-electron chi connectivity index (χ4n) is 2.01. The summed E-state index contributed by atoms with van der Waals surface area (Å²) in [4.78, 5) is 3.71. The number of nitrogens with two attached hydrogens (primary N) is 1. The van der Waals surface area contributed by atoms with Gasteiger partial charge in [0.2, 0.25) is 5.95 Å². The molecule has 84 valence electrons. The van der Waals surface area contributed by atoms with Crippen LogP contribution in [-0.2, 0) is 6.54 Å². The number of aromatic nitrogens is 3. The average molecular weight is 216 g/mol. The van der Waals surface area contributed by atoms with Gasteiger partial charge in [-0.1, -0.05) is 6.42 Å². The van der Waals surface area contributed by atoms with Gasteiger partial charge in [-0.2, -0.15) is 0 Å². The third-order valence-corrected chi connectivity index (χ3v) is 2.87. The van der Waals surface area contributed by atoms with Gasteiger partial charge in [-0.15, -0.1) is 5.10 Å². The second kappa shape index (κ2) is 3.75. The van der Waals surface area contributed by atoms with E-state index in [0.29, 0.717) is 12.8 Å². The molecule has 1 aromatic heterocycles. The standard InChI is InChI=1S/C9H14F2N4/c10-9(11)4-2-1-3-7(9)5-15-6-13-8(12)14-15/h6-7H,1-5H2,(H2,12,14). The average Bonchev–Trinajstić information content (AvgIpc) is 2.55. The molecule has 0 aliphatic heterocycles. The Bertz CT molecular complexity index is 337. The summed E-state index contributed by atoms with van der Waals surface area (Å²) in [5.74, 6) is -3.07. The number of alkyl halides is 2. The van der Waals surface area contributed by atoms with Crippen LogP contribution in [0, 0.1) is 5.92 Å². The summed E-state index contributed by atoms with van der Waals surface area (Å²) in [6.45, 7) is 0.206. The van der Waals surface area contributed by atoms with Crippen molar-refractivity contribution in [3.63, 3.8) is 0 Å². The van der Waals surface area contributed by atoms with E-state index < -0.39 is 11.8 Å². The smallest absolute Gasteiger partial charge is 0.252 e. The van der Waals surface area contributed by atoms with Crippen LogP contribution in [0.25, 0.3) is 0 Å². The summed E-state index contributed by atoms with van der Waals surface area (Å²) >= 11 is 0. The molecule has 6 heteroatoms. The number of hydrogen-bond donors (Lipinski definition) is 1. The minimum atomic E-state index is -2.57. The fraction of sp³-hybridized carbons (Fsp3) is 0.778. The van der Waals surface area contributed by atoms with Gasteiger partial charge in [0.15, 0.2) is 0 Å². The summed E-state index contributed by atoms with van der Waals surface area (Å²) in [7, 11) is 0. The molecule has 1 fully saturated rings. The molecular weight excluding hydrogens is 202 g/mol. The van der Waals surface area contributed by atoms with E-state index in [0.717, 1.165) is 6.42 Å². The van der Waals surface area contributed by atoms with Gasteiger partial charge < -0.3 is 5.73 Å². The van der Waals surface area contributed by atoms with E-state index in [1.54, 1.807) is 0 Å². The van der Waals surface area contributed by atoms with Crippen molar-refractivity contribution in [1.82, 2.24) is 14.8 Å². The lowest BCUT2D eigenvalue weighted by molar-refractivity contribution is -0.0919. The molecule has 1 aliphatic rings. The molecule has 0 spiro atoms. The van der Waals surface area contributed by atoms with Crippen LogP contribution >= 0.6 is 0 Å². The number of nitrogens with zero attached hydrogens (tertiary/aromatic N) is 3. The Balaban J connectivity index is 2.04. The van der Waals surface area contributed by atoms with Crippen LogP contribution in [0.4, 0.5) is 14.7 Å². The molecule has 0 aromatic carbocycles.